The zero-order chi connectivity index (χ0) is 12.3. The lowest BCUT2D eigenvalue weighted by Crippen LogP contribution is -2.48. The molecule has 1 aromatic rings. The Labute approximate surface area is 101 Å². The van der Waals surface area contributed by atoms with Gasteiger partial charge < -0.3 is 10.2 Å². The van der Waals surface area contributed by atoms with E-state index in [0.29, 0.717) is 6.04 Å². The predicted molar refractivity (Wildman–Crippen MR) is 63.4 cm³/mol. The average molecular weight is 237 g/mol. The molecule has 2 heterocycles. The summed E-state index contributed by atoms with van der Waals surface area (Å²) in [4.78, 5) is 18.1. The van der Waals surface area contributed by atoms with E-state index in [0.717, 1.165) is 25.9 Å². The first-order valence-electron chi connectivity index (χ1n) is 6.02. The molecule has 2 unspecified atom stereocenters. The Morgan fingerprint density at radius 3 is 3.06 bits per heavy atom. The van der Waals surface area contributed by atoms with E-state index < -0.39 is 0 Å². The van der Waals surface area contributed by atoms with Crippen molar-refractivity contribution in [3.63, 3.8) is 0 Å². The molecule has 1 N–H and O–H groups in total. The third-order valence-corrected chi connectivity index (χ3v) is 3.33. The van der Waals surface area contributed by atoms with Gasteiger partial charge in [0.05, 0.1) is 0 Å². The number of rotatable bonds is 3. The van der Waals surface area contributed by atoms with E-state index in [4.69, 9.17) is 0 Å². The number of nitrogens with one attached hydrogen (secondary N) is 1. The van der Waals surface area contributed by atoms with E-state index in [-0.39, 0.29) is 11.9 Å². The molecule has 2 rings (SSSR count). The largest absolute Gasteiger partial charge is 0.339 e. The Bertz CT molecular complexity index is 364. The monoisotopic (exact) mass is 237 g/mol. The zero-order valence-electron chi connectivity index (χ0n) is 10.3. The highest BCUT2D eigenvalue weighted by molar-refractivity contribution is 5.80. The second-order valence-corrected chi connectivity index (χ2v) is 4.46. The van der Waals surface area contributed by atoms with E-state index in [1.165, 1.54) is 6.33 Å². The molecule has 0 spiro atoms. The smallest absolute Gasteiger partial charge is 0.247 e. The summed E-state index contributed by atoms with van der Waals surface area (Å²) >= 11 is 0. The van der Waals surface area contributed by atoms with Crippen molar-refractivity contribution in [2.75, 3.05) is 20.1 Å². The van der Waals surface area contributed by atoms with Gasteiger partial charge in [0.15, 0.2) is 0 Å². The van der Waals surface area contributed by atoms with Crippen molar-refractivity contribution in [2.45, 2.75) is 31.8 Å². The summed E-state index contributed by atoms with van der Waals surface area (Å²) in [6.45, 7) is 3.49. The SMILES string of the molecule is CNC1CCCN(C(=O)C(C)n2cncn2)C1. The number of carbonyl (C=O) groups excluding carboxylic acids is 1. The molecule has 0 aromatic carbocycles. The number of carbonyl (C=O) groups is 1. The van der Waals surface area contributed by atoms with Crippen LogP contribution in [0.15, 0.2) is 12.7 Å². The number of hydrogen-bond acceptors (Lipinski definition) is 4. The van der Waals surface area contributed by atoms with Crippen LogP contribution < -0.4 is 5.32 Å². The lowest BCUT2D eigenvalue weighted by atomic mass is 10.1. The van der Waals surface area contributed by atoms with Crippen LogP contribution in [-0.2, 0) is 4.79 Å². The molecule has 1 aliphatic heterocycles. The van der Waals surface area contributed by atoms with E-state index >= 15 is 0 Å². The standard InChI is InChI=1S/C11H19N5O/c1-9(16-8-13-7-14-16)11(17)15-5-3-4-10(6-15)12-2/h7-10,12H,3-6H2,1-2H3. The fourth-order valence-electron chi connectivity index (χ4n) is 2.21. The van der Waals surface area contributed by atoms with E-state index in [1.807, 2.05) is 18.9 Å². The van der Waals surface area contributed by atoms with E-state index in [2.05, 4.69) is 15.4 Å². The average Bonchev–Trinajstić information content (AvgIpc) is 2.91. The van der Waals surface area contributed by atoms with Crippen LogP contribution in [0.3, 0.4) is 0 Å². The number of piperidine rings is 1. The fourth-order valence-corrected chi connectivity index (χ4v) is 2.21. The predicted octanol–water partition coefficient (Wildman–Crippen LogP) is 0.0495. The Hall–Kier alpha value is -1.43. The van der Waals surface area contributed by atoms with Gasteiger partial charge in [-0.05, 0) is 26.8 Å². The summed E-state index contributed by atoms with van der Waals surface area (Å²) in [5.41, 5.74) is 0. The summed E-state index contributed by atoms with van der Waals surface area (Å²) in [6.07, 6.45) is 5.23. The first kappa shape index (κ1) is 12.0. The minimum atomic E-state index is -0.270. The van der Waals surface area contributed by atoms with Crippen molar-refractivity contribution in [1.82, 2.24) is 25.0 Å². The van der Waals surface area contributed by atoms with Crippen LogP contribution in [0, 0.1) is 0 Å². The summed E-state index contributed by atoms with van der Waals surface area (Å²) in [5, 5.41) is 7.25. The van der Waals surface area contributed by atoms with Crippen LogP contribution in [0.5, 0.6) is 0 Å². The molecule has 0 radical (unpaired) electrons. The van der Waals surface area contributed by atoms with Crippen LogP contribution >= 0.6 is 0 Å². The van der Waals surface area contributed by atoms with Crippen molar-refractivity contribution in [3.05, 3.63) is 12.7 Å². The quantitative estimate of drug-likeness (QED) is 0.807. The maximum atomic E-state index is 12.3. The van der Waals surface area contributed by atoms with Gasteiger partial charge in [0.1, 0.15) is 18.7 Å². The van der Waals surface area contributed by atoms with Crippen molar-refractivity contribution < 1.29 is 4.79 Å². The van der Waals surface area contributed by atoms with Gasteiger partial charge in [-0.1, -0.05) is 0 Å². The molecule has 1 fully saturated rings. The van der Waals surface area contributed by atoms with Crippen molar-refractivity contribution in [1.29, 1.82) is 0 Å². The minimum absolute atomic E-state index is 0.121. The molecule has 1 saturated heterocycles. The van der Waals surface area contributed by atoms with Crippen molar-refractivity contribution >= 4 is 5.91 Å². The van der Waals surface area contributed by atoms with Crippen LogP contribution in [0.25, 0.3) is 0 Å². The molecule has 2 atom stereocenters. The third-order valence-electron chi connectivity index (χ3n) is 3.33. The molecule has 1 amide bonds. The highest BCUT2D eigenvalue weighted by atomic mass is 16.2. The van der Waals surface area contributed by atoms with Crippen LogP contribution in [0.1, 0.15) is 25.8 Å². The molecule has 6 nitrogen and oxygen atoms in total. The van der Waals surface area contributed by atoms with Crippen LogP contribution in [-0.4, -0.2) is 51.8 Å². The maximum absolute atomic E-state index is 12.3. The molecule has 0 saturated carbocycles. The van der Waals surface area contributed by atoms with Gasteiger partial charge in [-0.2, -0.15) is 5.10 Å². The summed E-state index contributed by atoms with van der Waals surface area (Å²) in [7, 11) is 1.94. The highest BCUT2D eigenvalue weighted by Gasteiger charge is 2.27. The molecular formula is C11H19N5O. The molecule has 6 heteroatoms. The first-order valence-corrected chi connectivity index (χ1v) is 6.02. The second kappa shape index (κ2) is 5.27. The van der Waals surface area contributed by atoms with Gasteiger partial charge in [0.2, 0.25) is 5.91 Å². The summed E-state index contributed by atoms with van der Waals surface area (Å²) < 4.78 is 1.60. The maximum Gasteiger partial charge on any atom is 0.247 e. The Morgan fingerprint density at radius 2 is 2.41 bits per heavy atom. The second-order valence-electron chi connectivity index (χ2n) is 4.46. The van der Waals surface area contributed by atoms with E-state index in [1.54, 1.807) is 11.0 Å². The number of aromatic nitrogens is 3. The minimum Gasteiger partial charge on any atom is -0.339 e. The third kappa shape index (κ3) is 2.63. The van der Waals surface area contributed by atoms with Gasteiger partial charge >= 0.3 is 0 Å². The highest BCUT2D eigenvalue weighted by Crippen LogP contribution is 2.15. The van der Waals surface area contributed by atoms with Gasteiger partial charge in [-0.25, -0.2) is 9.67 Å². The van der Waals surface area contributed by atoms with Crippen molar-refractivity contribution in [2.24, 2.45) is 0 Å². The number of amides is 1. The van der Waals surface area contributed by atoms with Crippen LogP contribution in [0.4, 0.5) is 0 Å². The van der Waals surface area contributed by atoms with Gasteiger partial charge in [0.25, 0.3) is 0 Å². The van der Waals surface area contributed by atoms with E-state index in [9.17, 15) is 4.79 Å². The van der Waals surface area contributed by atoms with Crippen molar-refractivity contribution in [3.8, 4) is 0 Å². The number of nitrogens with zero attached hydrogens (tertiary/aromatic N) is 4. The zero-order valence-corrected chi connectivity index (χ0v) is 10.3. The lowest BCUT2D eigenvalue weighted by Gasteiger charge is -2.34. The number of likely N-dealkylation sites (tertiary alicyclic amines) is 1. The first-order chi connectivity index (χ1) is 8.22. The molecule has 0 aliphatic carbocycles. The number of likely N-dealkylation sites (N-methyl/N-ethyl adjacent to an activating group) is 1. The lowest BCUT2D eigenvalue weighted by molar-refractivity contribution is -0.135. The Kier molecular flexibility index (Phi) is 3.73. The summed E-state index contributed by atoms with van der Waals surface area (Å²) in [6, 6.07) is 0.142. The Morgan fingerprint density at radius 1 is 1.59 bits per heavy atom. The normalized spacial score (nSPS) is 22.5. The molecule has 17 heavy (non-hydrogen) atoms. The fraction of sp³-hybridized carbons (Fsp3) is 0.727. The molecule has 0 bridgehead atoms. The molecule has 94 valence electrons. The number of hydrogen-bond donors (Lipinski definition) is 1. The molecule has 1 aliphatic rings. The topological polar surface area (TPSA) is 63.1 Å². The molecule has 1 aromatic heterocycles. The van der Waals surface area contributed by atoms with Gasteiger partial charge in [0, 0.05) is 19.1 Å². The van der Waals surface area contributed by atoms with Gasteiger partial charge in [-0.15, -0.1) is 0 Å². The Balaban J connectivity index is 1.99. The van der Waals surface area contributed by atoms with Crippen LogP contribution in [0.2, 0.25) is 0 Å². The summed E-state index contributed by atoms with van der Waals surface area (Å²) in [5.74, 6) is 0.121. The molecular weight excluding hydrogens is 218 g/mol. The van der Waals surface area contributed by atoms with Gasteiger partial charge in [-0.3, -0.25) is 4.79 Å².